The number of benzene rings is 2. The smallest absolute Gasteiger partial charge is 0.243 e. The van der Waals surface area contributed by atoms with Gasteiger partial charge in [0.1, 0.15) is 19.0 Å². The maximum absolute atomic E-state index is 13.2. The molecule has 2 aromatic carbocycles. The number of halogens is 2. The third-order valence-electron chi connectivity index (χ3n) is 5.17. The maximum Gasteiger partial charge on any atom is 0.243 e. The molecule has 2 aliphatic heterocycles. The number of anilines is 1. The van der Waals surface area contributed by atoms with Crippen LogP contribution in [0.1, 0.15) is 12.8 Å². The first-order valence-corrected chi connectivity index (χ1v) is 11.3. The molecule has 0 spiro atoms. The van der Waals surface area contributed by atoms with E-state index >= 15 is 0 Å². The lowest BCUT2D eigenvalue weighted by Gasteiger charge is -2.31. The number of piperidine rings is 1. The quantitative estimate of drug-likeness (QED) is 0.766. The Bertz CT molecular complexity index is 1070. The minimum Gasteiger partial charge on any atom is -0.486 e. The van der Waals surface area contributed by atoms with Gasteiger partial charge in [-0.3, -0.25) is 4.79 Å². The van der Waals surface area contributed by atoms with Gasteiger partial charge in [0.2, 0.25) is 15.9 Å². The van der Waals surface area contributed by atoms with E-state index in [1.807, 2.05) is 0 Å². The molecule has 1 saturated heterocycles. The number of nitrogens with zero attached hydrogens (tertiary/aromatic N) is 1. The maximum atomic E-state index is 13.2. The molecule has 2 aliphatic rings. The van der Waals surface area contributed by atoms with Crippen LogP contribution in [0, 0.1) is 11.7 Å². The van der Waals surface area contributed by atoms with Crippen molar-refractivity contribution in [3.05, 3.63) is 47.2 Å². The summed E-state index contributed by atoms with van der Waals surface area (Å²) < 4.78 is 51.4. The number of carbonyl (C=O) groups excluding carboxylic acids is 1. The first-order valence-electron chi connectivity index (χ1n) is 9.50. The van der Waals surface area contributed by atoms with E-state index in [9.17, 15) is 17.6 Å². The van der Waals surface area contributed by atoms with E-state index in [0.717, 1.165) is 6.07 Å². The molecule has 10 heteroatoms. The highest BCUT2D eigenvalue weighted by Crippen LogP contribution is 2.34. The lowest BCUT2D eigenvalue weighted by molar-refractivity contribution is -0.120. The molecular formula is C20H20ClFN2O5S. The lowest BCUT2D eigenvalue weighted by atomic mass is 9.97. The van der Waals surface area contributed by atoms with Crippen LogP contribution in [-0.2, 0) is 14.8 Å². The van der Waals surface area contributed by atoms with Crippen LogP contribution in [0.15, 0.2) is 41.3 Å². The van der Waals surface area contributed by atoms with Crippen molar-refractivity contribution in [3.63, 3.8) is 0 Å². The Morgan fingerprint density at radius 3 is 2.47 bits per heavy atom. The molecule has 0 atom stereocenters. The summed E-state index contributed by atoms with van der Waals surface area (Å²) in [6.07, 6.45) is 0.739. The molecule has 0 bridgehead atoms. The Kier molecular flexibility index (Phi) is 5.86. The van der Waals surface area contributed by atoms with Crippen LogP contribution in [-0.4, -0.2) is 44.9 Å². The van der Waals surface area contributed by atoms with Gasteiger partial charge in [0, 0.05) is 25.1 Å². The lowest BCUT2D eigenvalue weighted by Crippen LogP contribution is -2.41. The standard InChI is InChI=1S/C20H20ClFN2O5S/c21-16-11-14(22)1-3-17(16)23-20(25)13-5-7-24(8-6-13)30(26,27)15-2-4-18-19(12-15)29-10-9-28-18/h1-4,11-13H,5-10H2,(H,23,25). The van der Waals surface area contributed by atoms with Crippen molar-refractivity contribution in [2.24, 2.45) is 5.92 Å². The Hall–Kier alpha value is -2.36. The Morgan fingerprint density at radius 1 is 1.07 bits per heavy atom. The molecule has 1 N–H and O–H groups in total. The van der Waals surface area contributed by atoms with E-state index in [2.05, 4.69) is 5.32 Å². The molecule has 0 aliphatic carbocycles. The van der Waals surface area contributed by atoms with Gasteiger partial charge < -0.3 is 14.8 Å². The third-order valence-corrected chi connectivity index (χ3v) is 7.37. The van der Waals surface area contributed by atoms with Crippen LogP contribution >= 0.6 is 11.6 Å². The second-order valence-electron chi connectivity index (χ2n) is 7.10. The second kappa shape index (κ2) is 8.41. The summed E-state index contributed by atoms with van der Waals surface area (Å²) in [7, 11) is -3.71. The zero-order valence-corrected chi connectivity index (χ0v) is 17.5. The molecule has 160 valence electrons. The summed E-state index contributed by atoms with van der Waals surface area (Å²) in [5, 5.41) is 2.80. The van der Waals surface area contributed by atoms with E-state index in [1.165, 1.54) is 28.6 Å². The number of hydrogen-bond acceptors (Lipinski definition) is 5. The van der Waals surface area contributed by atoms with Crippen molar-refractivity contribution in [3.8, 4) is 11.5 Å². The fourth-order valence-corrected chi connectivity index (χ4v) is 5.22. The molecule has 0 saturated carbocycles. The molecule has 1 fully saturated rings. The Morgan fingerprint density at radius 2 is 1.77 bits per heavy atom. The highest BCUT2D eigenvalue weighted by Gasteiger charge is 2.33. The van der Waals surface area contributed by atoms with E-state index in [1.54, 1.807) is 6.07 Å². The zero-order valence-electron chi connectivity index (χ0n) is 15.9. The number of carbonyl (C=O) groups is 1. The summed E-state index contributed by atoms with van der Waals surface area (Å²) in [4.78, 5) is 12.7. The molecular weight excluding hydrogens is 435 g/mol. The second-order valence-corrected chi connectivity index (χ2v) is 9.44. The van der Waals surface area contributed by atoms with Crippen LogP contribution in [0.3, 0.4) is 0 Å². The van der Waals surface area contributed by atoms with Crippen LogP contribution < -0.4 is 14.8 Å². The van der Waals surface area contributed by atoms with Crippen molar-refractivity contribution < 1.29 is 27.1 Å². The van der Waals surface area contributed by atoms with Gasteiger partial charge in [-0.15, -0.1) is 0 Å². The van der Waals surface area contributed by atoms with E-state index in [4.69, 9.17) is 21.1 Å². The summed E-state index contributed by atoms with van der Waals surface area (Å²) in [5.74, 6) is -0.184. The van der Waals surface area contributed by atoms with E-state index < -0.39 is 15.8 Å². The van der Waals surface area contributed by atoms with Gasteiger partial charge in [0.05, 0.1) is 15.6 Å². The zero-order chi connectivity index (χ0) is 21.3. The fourth-order valence-electron chi connectivity index (χ4n) is 3.52. The summed E-state index contributed by atoms with van der Waals surface area (Å²) >= 11 is 5.95. The molecule has 0 unspecified atom stereocenters. The highest BCUT2D eigenvalue weighted by atomic mass is 35.5. The van der Waals surface area contributed by atoms with Crippen LogP contribution in [0.25, 0.3) is 0 Å². The SMILES string of the molecule is O=C(Nc1ccc(F)cc1Cl)C1CCN(S(=O)(=O)c2ccc3c(c2)OCCO3)CC1. The number of nitrogens with one attached hydrogen (secondary N) is 1. The minimum absolute atomic E-state index is 0.113. The van der Waals surface area contributed by atoms with E-state index in [-0.39, 0.29) is 34.8 Å². The molecule has 2 aromatic rings. The monoisotopic (exact) mass is 454 g/mol. The van der Waals surface area contributed by atoms with Crippen LogP contribution in [0.5, 0.6) is 11.5 Å². The first-order chi connectivity index (χ1) is 14.3. The number of amides is 1. The van der Waals surface area contributed by atoms with Gasteiger partial charge >= 0.3 is 0 Å². The average Bonchev–Trinajstić information content (AvgIpc) is 2.75. The van der Waals surface area contributed by atoms with Crippen molar-refractivity contribution in [1.82, 2.24) is 4.31 Å². The fraction of sp³-hybridized carbons (Fsp3) is 0.350. The molecule has 4 rings (SSSR count). The van der Waals surface area contributed by atoms with Gasteiger partial charge in [-0.1, -0.05) is 11.6 Å². The number of rotatable bonds is 4. The number of sulfonamides is 1. The topological polar surface area (TPSA) is 84.9 Å². The van der Waals surface area contributed by atoms with E-state index in [0.29, 0.717) is 43.2 Å². The molecule has 1 amide bonds. The van der Waals surface area contributed by atoms with Crippen LogP contribution in [0.2, 0.25) is 5.02 Å². The predicted octanol–water partition coefficient (Wildman–Crippen LogP) is 3.29. The summed E-state index contributed by atoms with van der Waals surface area (Å²) in [5.41, 5.74) is 0.328. The first kappa shape index (κ1) is 20.9. The highest BCUT2D eigenvalue weighted by molar-refractivity contribution is 7.89. The Labute approximate surface area is 178 Å². The number of hydrogen-bond donors (Lipinski definition) is 1. The average molecular weight is 455 g/mol. The predicted molar refractivity (Wildman–Crippen MR) is 109 cm³/mol. The summed E-state index contributed by atoms with van der Waals surface area (Å²) in [6.45, 7) is 1.23. The van der Waals surface area contributed by atoms with Crippen LogP contribution in [0.4, 0.5) is 10.1 Å². The van der Waals surface area contributed by atoms with Gasteiger partial charge in [0.25, 0.3) is 0 Å². The number of ether oxygens (including phenoxy) is 2. The van der Waals surface area contributed by atoms with Crippen molar-refractivity contribution in [1.29, 1.82) is 0 Å². The van der Waals surface area contributed by atoms with Gasteiger partial charge in [0.15, 0.2) is 11.5 Å². The Balaban J connectivity index is 1.40. The molecule has 0 radical (unpaired) electrons. The van der Waals surface area contributed by atoms with Crippen molar-refractivity contribution in [2.75, 3.05) is 31.6 Å². The molecule has 0 aromatic heterocycles. The largest absolute Gasteiger partial charge is 0.486 e. The molecule has 7 nitrogen and oxygen atoms in total. The van der Waals surface area contributed by atoms with Gasteiger partial charge in [-0.25, -0.2) is 12.8 Å². The normalized spacial score (nSPS) is 17.5. The van der Waals surface area contributed by atoms with Crippen molar-refractivity contribution >= 4 is 33.2 Å². The third kappa shape index (κ3) is 4.23. The molecule has 30 heavy (non-hydrogen) atoms. The van der Waals surface area contributed by atoms with Crippen molar-refractivity contribution in [2.45, 2.75) is 17.7 Å². The molecule has 2 heterocycles. The summed E-state index contributed by atoms with van der Waals surface area (Å²) in [6, 6.07) is 8.30. The van der Waals surface area contributed by atoms with Gasteiger partial charge in [-0.05, 0) is 43.2 Å². The van der Waals surface area contributed by atoms with Gasteiger partial charge in [-0.2, -0.15) is 4.31 Å². The minimum atomic E-state index is -3.71. The number of fused-ring (bicyclic) bond motifs is 1.